The zero-order valence-electron chi connectivity index (χ0n) is 13.5. The van der Waals surface area contributed by atoms with Gasteiger partial charge in [0.05, 0.1) is 19.0 Å². The third kappa shape index (κ3) is 5.54. The summed E-state index contributed by atoms with van der Waals surface area (Å²) in [5.74, 6) is 1.72. The van der Waals surface area contributed by atoms with Gasteiger partial charge >= 0.3 is 0 Å². The molecular formula is C15H21ClN6O. The number of aromatic nitrogens is 3. The Bertz CT molecular complexity index is 637. The maximum absolute atomic E-state index is 6.02. The number of nitrogens with zero attached hydrogens (tertiary/aromatic N) is 4. The van der Waals surface area contributed by atoms with Gasteiger partial charge < -0.3 is 20.3 Å². The Morgan fingerprint density at radius 3 is 2.87 bits per heavy atom. The van der Waals surface area contributed by atoms with Crippen LogP contribution >= 0.6 is 11.6 Å². The third-order valence-electron chi connectivity index (χ3n) is 3.05. The van der Waals surface area contributed by atoms with Crippen molar-refractivity contribution < 1.29 is 4.74 Å². The summed E-state index contributed by atoms with van der Waals surface area (Å²) in [4.78, 5) is 6.51. The van der Waals surface area contributed by atoms with Crippen molar-refractivity contribution in [3.63, 3.8) is 0 Å². The van der Waals surface area contributed by atoms with Gasteiger partial charge in [-0.15, -0.1) is 5.10 Å². The summed E-state index contributed by atoms with van der Waals surface area (Å²) in [6.07, 6.45) is 2.54. The molecule has 0 fully saturated rings. The molecule has 0 atom stereocenters. The molecule has 8 heteroatoms. The van der Waals surface area contributed by atoms with E-state index in [9.17, 15) is 0 Å². The number of benzene rings is 1. The summed E-state index contributed by atoms with van der Waals surface area (Å²) < 4.78 is 5.30. The molecule has 0 aliphatic carbocycles. The van der Waals surface area contributed by atoms with Gasteiger partial charge in [-0.2, -0.15) is 10.1 Å². The smallest absolute Gasteiger partial charge is 0.244 e. The molecule has 0 radical (unpaired) electrons. The van der Waals surface area contributed by atoms with Crippen LogP contribution in [0.3, 0.4) is 0 Å². The molecule has 7 nitrogen and oxygen atoms in total. The highest BCUT2D eigenvalue weighted by Gasteiger charge is 2.06. The van der Waals surface area contributed by atoms with Crippen molar-refractivity contribution in [2.45, 2.75) is 6.42 Å². The Morgan fingerprint density at radius 2 is 2.13 bits per heavy atom. The van der Waals surface area contributed by atoms with Crippen LogP contribution in [0.25, 0.3) is 0 Å². The van der Waals surface area contributed by atoms with Crippen LogP contribution in [0, 0.1) is 0 Å². The van der Waals surface area contributed by atoms with Gasteiger partial charge in [-0.25, -0.2) is 0 Å². The van der Waals surface area contributed by atoms with Crippen LogP contribution in [0.5, 0.6) is 5.75 Å². The molecule has 2 N–H and O–H groups in total. The molecule has 1 aromatic carbocycles. The van der Waals surface area contributed by atoms with E-state index >= 15 is 0 Å². The summed E-state index contributed by atoms with van der Waals surface area (Å²) in [7, 11) is 5.69. The zero-order valence-corrected chi connectivity index (χ0v) is 14.3. The molecule has 0 aliphatic rings. The Hall–Kier alpha value is -2.12. The van der Waals surface area contributed by atoms with E-state index in [2.05, 4.69) is 30.7 Å². The van der Waals surface area contributed by atoms with Crippen LogP contribution in [-0.2, 0) is 0 Å². The second-order valence-electron chi connectivity index (χ2n) is 5.22. The van der Waals surface area contributed by atoms with E-state index in [4.69, 9.17) is 16.3 Å². The van der Waals surface area contributed by atoms with Gasteiger partial charge in [0.2, 0.25) is 5.95 Å². The van der Waals surface area contributed by atoms with Crippen molar-refractivity contribution in [2.24, 2.45) is 0 Å². The van der Waals surface area contributed by atoms with E-state index in [0.29, 0.717) is 22.5 Å². The third-order valence-corrected chi connectivity index (χ3v) is 3.28. The quantitative estimate of drug-likeness (QED) is 0.718. The number of rotatable bonds is 8. The van der Waals surface area contributed by atoms with Crippen LogP contribution in [0.4, 0.5) is 17.5 Å². The average molecular weight is 337 g/mol. The number of nitrogens with one attached hydrogen (secondary N) is 2. The van der Waals surface area contributed by atoms with Crippen molar-refractivity contribution in [1.82, 2.24) is 20.1 Å². The summed E-state index contributed by atoms with van der Waals surface area (Å²) >= 11 is 6.02. The molecule has 2 aromatic rings. The van der Waals surface area contributed by atoms with E-state index in [-0.39, 0.29) is 0 Å². The topological polar surface area (TPSA) is 75.2 Å². The lowest BCUT2D eigenvalue weighted by atomic mass is 10.3. The van der Waals surface area contributed by atoms with E-state index in [1.807, 2.05) is 14.1 Å². The van der Waals surface area contributed by atoms with E-state index in [1.165, 1.54) is 0 Å². The number of methoxy groups -OCH3 is 1. The van der Waals surface area contributed by atoms with Crippen LogP contribution in [0.1, 0.15) is 6.42 Å². The van der Waals surface area contributed by atoms with Crippen LogP contribution in [-0.4, -0.2) is 54.4 Å². The number of anilines is 3. The molecule has 0 aliphatic heterocycles. The molecule has 124 valence electrons. The fourth-order valence-electron chi connectivity index (χ4n) is 1.95. The molecule has 2 rings (SSSR count). The number of ether oxygens (including phenoxy) is 1. The minimum atomic E-state index is 0.481. The maximum Gasteiger partial charge on any atom is 0.244 e. The van der Waals surface area contributed by atoms with Gasteiger partial charge in [0, 0.05) is 11.6 Å². The highest BCUT2D eigenvalue weighted by molar-refractivity contribution is 6.31. The van der Waals surface area contributed by atoms with Crippen LogP contribution in [0.2, 0.25) is 5.02 Å². The molecule has 0 bridgehead atoms. The fourth-order valence-corrected chi connectivity index (χ4v) is 2.12. The molecule has 1 heterocycles. The van der Waals surface area contributed by atoms with Gasteiger partial charge in [-0.05, 0) is 45.3 Å². The lowest BCUT2D eigenvalue weighted by Crippen LogP contribution is -2.17. The predicted octanol–water partition coefficient (Wildman–Crippen LogP) is 2.64. The normalized spacial score (nSPS) is 10.7. The second-order valence-corrected chi connectivity index (χ2v) is 5.65. The predicted molar refractivity (Wildman–Crippen MR) is 92.8 cm³/mol. The van der Waals surface area contributed by atoms with Crippen molar-refractivity contribution >= 4 is 29.1 Å². The van der Waals surface area contributed by atoms with Crippen molar-refractivity contribution in [2.75, 3.05) is 44.9 Å². The van der Waals surface area contributed by atoms with Crippen LogP contribution in [0.15, 0.2) is 24.4 Å². The molecule has 0 saturated heterocycles. The summed E-state index contributed by atoms with van der Waals surface area (Å²) in [5.41, 5.74) is 0.721. The fraction of sp³-hybridized carbons (Fsp3) is 0.400. The lowest BCUT2D eigenvalue weighted by molar-refractivity contribution is 0.405. The number of hydrogen-bond donors (Lipinski definition) is 2. The maximum atomic E-state index is 6.02. The molecule has 0 amide bonds. The van der Waals surface area contributed by atoms with Crippen LogP contribution < -0.4 is 15.4 Å². The lowest BCUT2D eigenvalue weighted by Gasteiger charge is -2.12. The first-order valence-electron chi connectivity index (χ1n) is 7.27. The van der Waals surface area contributed by atoms with E-state index in [1.54, 1.807) is 31.5 Å². The molecular weight excluding hydrogens is 316 g/mol. The first kappa shape index (κ1) is 17.2. The van der Waals surface area contributed by atoms with Crippen molar-refractivity contribution in [3.05, 3.63) is 29.4 Å². The zero-order chi connectivity index (χ0) is 16.7. The molecule has 0 unspecified atom stereocenters. The van der Waals surface area contributed by atoms with Gasteiger partial charge in [-0.3, -0.25) is 0 Å². The largest absolute Gasteiger partial charge is 0.495 e. The number of hydrogen-bond acceptors (Lipinski definition) is 7. The molecule has 0 saturated carbocycles. The van der Waals surface area contributed by atoms with Gasteiger partial charge in [-0.1, -0.05) is 11.6 Å². The Balaban J connectivity index is 2.01. The van der Waals surface area contributed by atoms with Gasteiger partial charge in [0.1, 0.15) is 5.75 Å². The Kier molecular flexibility index (Phi) is 6.37. The summed E-state index contributed by atoms with van der Waals surface area (Å²) in [6.45, 7) is 1.78. The minimum Gasteiger partial charge on any atom is -0.495 e. The summed E-state index contributed by atoms with van der Waals surface area (Å²) in [5, 5.41) is 14.8. The average Bonchev–Trinajstić information content (AvgIpc) is 2.52. The highest BCUT2D eigenvalue weighted by Crippen LogP contribution is 2.29. The SMILES string of the molecule is COc1ccc(Cl)cc1Nc1cnnc(NCCCN(C)C)n1. The first-order valence-corrected chi connectivity index (χ1v) is 7.65. The first-order chi connectivity index (χ1) is 11.1. The Labute approximate surface area is 141 Å². The Morgan fingerprint density at radius 1 is 1.30 bits per heavy atom. The minimum absolute atomic E-state index is 0.481. The van der Waals surface area contributed by atoms with Crippen molar-refractivity contribution in [3.8, 4) is 5.75 Å². The van der Waals surface area contributed by atoms with Crippen molar-refractivity contribution in [1.29, 1.82) is 0 Å². The van der Waals surface area contributed by atoms with E-state index in [0.717, 1.165) is 25.2 Å². The van der Waals surface area contributed by atoms with Gasteiger partial charge in [0.15, 0.2) is 5.82 Å². The van der Waals surface area contributed by atoms with Gasteiger partial charge in [0.25, 0.3) is 0 Å². The molecule has 0 spiro atoms. The number of halogens is 1. The standard InChI is InChI=1S/C15H21ClN6O/c1-22(2)8-4-7-17-15-20-14(10-18-21-15)19-12-9-11(16)5-6-13(12)23-3/h5-6,9-10H,4,7-8H2,1-3H3,(H2,17,19,20,21). The summed E-state index contributed by atoms with van der Waals surface area (Å²) in [6, 6.07) is 5.33. The monoisotopic (exact) mass is 336 g/mol. The molecule has 23 heavy (non-hydrogen) atoms. The van der Waals surface area contributed by atoms with E-state index < -0.39 is 0 Å². The molecule has 1 aromatic heterocycles. The second kappa shape index (κ2) is 8.50. The highest BCUT2D eigenvalue weighted by atomic mass is 35.5.